The summed E-state index contributed by atoms with van der Waals surface area (Å²) in [4.78, 5) is 19.9. The van der Waals surface area contributed by atoms with Crippen molar-refractivity contribution in [1.82, 2.24) is 19.9 Å². The molecule has 0 spiro atoms. The predicted molar refractivity (Wildman–Crippen MR) is 182 cm³/mol. The summed E-state index contributed by atoms with van der Waals surface area (Å²) in [6.45, 7) is 0. The van der Waals surface area contributed by atoms with E-state index < -0.39 is 0 Å². The Hall–Kier alpha value is -6.20. The molecule has 9 aromatic rings. The Morgan fingerprint density at radius 3 is 1.84 bits per heavy atom. The molecule has 0 aliphatic carbocycles. The molecule has 45 heavy (non-hydrogen) atoms. The van der Waals surface area contributed by atoms with Gasteiger partial charge in [-0.05, 0) is 52.2 Å². The van der Waals surface area contributed by atoms with E-state index >= 15 is 0 Å². The number of fused-ring (bicyclic) bond motifs is 5. The Labute approximate surface area is 258 Å². The molecule has 0 atom stereocenters. The van der Waals surface area contributed by atoms with Crippen LogP contribution in [0.25, 0.3) is 89.0 Å². The predicted octanol–water partition coefficient (Wildman–Crippen LogP) is 10.1. The van der Waals surface area contributed by atoms with Crippen molar-refractivity contribution >= 4 is 43.7 Å². The number of hydrogen-bond donors (Lipinski definition) is 0. The van der Waals surface area contributed by atoms with E-state index in [2.05, 4.69) is 72.8 Å². The van der Waals surface area contributed by atoms with Crippen LogP contribution >= 0.6 is 0 Å². The second-order valence-corrected chi connectivity index (χ2v) is 11.1. The number of para-hydroxylation sites is 1. The molecule has 0 aliphatic heterocycles. The summed E-state index contributed by atoms with van der Waals surface area (Å²) in [5.74, 6) is 1.81. The van der Waals surface area contributed by atoms with Crippen molar-refractivity contribution < 1.29 is 4.42 Å². The minimum Gasteiger partial charge on any atom is -0.438 e. The van der Waals surface area contributed by atoms with Gasteiger partial charge in [-0.2, -0.15) is 0 Å². The summed E-state index contributed by atoms with van der Waals surface area (Å²) in [5, 5.41) is 5.20. The minimum absolute atomic E-state index is 0.583. The van der Waals surface area contributed by atoms with Crippen LogP contribution in [-0.2, 0) is 0 Å². The van der Waals surface area contributed by atoms with Crippen LogP contribution in [-0.4, -0.2) is 19.9 Å². The largest absolute Gasteiger partial charge is 0.438 e. The van der Waals surface area contributed by atoms with Gasteiger partial charge in [0, 0.05) is 32.8 Å². The average Bonchev–Trinajstić information content (AvgIpc) is 3.48. The van der Waals surface area contributed by atoms with Crippen LogP contribution in [0.4, 0.5) is 0 Å². The number of nitrogens with zero attached hydrogens (tertiary/aromatic N) is 4. The number of hydrogen-bond acceptors (Lipinski definition) is 5. The number of aromatic nitrogens is 4. The lowest BCUT2D eigenvalue weighted by molar-refractivity contribution is 0.656. The standard InChI is InChI=1S/C40H24N4O/c1-3-10-25(11-4-1)27-18-19-29-23-31(21-20-28(29)22-27)38-42-37(26-12-5-2-6-13-26)43-39(44-38)32-15-9-17-35-36(32)33-24-30-14-7-8-16-34(30)41-40(33)45-35/h1-24H. The van der Waals surface area contributed by atoms with E-state index in [9.17, 15) is 0 Å². The minimum atomic E-state index is 0.583. The van der Waals surface area contributed by atoms with Crippen LogP contribution in [0, 0.1) is 0 Å². The Morgan fingerprint density at radius 2 is 1.04 bits per heavy atom. The molecule has 5 heteroatoms. The summed E-state index contributed by atoms with van der Waals surface area (Å²) in [6.07, 6.45) is 0. The van der Waals surface area contributed by atoms with E-state index in [4.69, 9.17) is 24.4 Å². The Kier molecular flexibility index (Phi) is 5.74. The second kappa shape index (κ2) is 10.2. The first-order valence-corrected chi connectivity index (χ1v) is 14.9. The van der Waals surface area contributed by atoms with Crippen molar-refractivity contribution in [2.45, 2.75) is 0 Å². The average molecular weight is 577 g/mol. The first kappa shape index (κ1) is 25.3. The first-order chi connectivity index (χ1) is 22.3. The Bertz CT molecular complexity index is 2540. The van der Waals surface area contributed by atoms with Gasteiger partial charge in [0.2, 0.25) is 5.71 Å². The van der Waals surface area contributed by atoms with E-state index in [0.29, 0.717) is 23.2 Å². The number of pyridine rings is 1. The fraction of sp³-hybridized carbons (Fsp3) is 0. The monoisotopic (exact) mass is 576 g/mol. The molecule has 210 valence electrons. The van der Waals surface area contributed by atoms with Crippen LogP contribution in [0.2, 0.25) is 0 Å². The third kappa shape index (κ3) is 4.41. The molecule has 9 rings (SSSR count). The third-order valence-corrected chi connectivity index (χ3v) is 8.31. The molecule has 0 fully saturated rings. The summed E-state index contributed by atoms with van der Waals surface area (Å²) >= 11 is 0. The molecule has 0 aliphatic rings. The molecule has 3 aromatic heterocycles. The highest BCUT2D eigenvalue weighted by Crippen LogP contribution is 2.37. The highest BCUT2D eigenvalue weighted by molar-refractivity contribution is 6.13. The SMILES string of the molecule is c1ccc(-c2ccc3cc(-c4nc(-c5ccccc5)nc(-c5cccc6oc7nc8ccccc8cc7c56)n4)ccc3c2)cc1. The Morgan fingerprint density at radius 1 is 0.400 bits per heavy atom. The van der Waals surface area contributed by atoms with Gasteiger partial charge >= 0.3 is 0 Å². The van der Waals surface area contributed by atoms with E-state index in [-0.39, 0.29) is 0 Å². The zero-order valence-corrected chi connectivity index (χ0v) is 24.1. The summed E-state index contributed by atoms with van der Waals surface area (Å²) in [7, 11) is 0. The summed E-state index contributed by atoms with van der Waals surface area (Å²) in [5.41, 5.74) is 7.34. The maximum absolute atomic E-state index is 6.26. The fourth-order valence-corrected chi connectivity index (χ4v) is 6.08. The normalized spacial score (nSPS) is 11.6. The molecule has 3 heterocycles. The molecule has 0 unspecified atom stereocenters. The fourth-order valence-electron chi connectivity index (χ4n) is 6.08. The lowest BCUT2D eigenvalue weighted by Crippen LogP contribution is -2.00. The van der Waals surface area contributed by atoms with Gasteiger partial charge in [0.15, 0.2) is 17.5 Å². The van der Waals surface area contributed by atoms with Crippen molar-refractivity contribution in [3.05, 3.63) is 146 Å². The van der Waals surface area contributed by atoms with Crippen LogP contribution in [0.3, 0.4) is 0 Å². The van der Waals surface area contributed by atoms with E-state index in [1.54, 1.807) is 0 Å². The van der Waals surface area contributed by atoms with Gasteiger partial charge in [-0.25, -0.2) is 19.9 Å². The lowest BCUT2D eigenvalue weighted by atomic mass is 10.00. The van der Waals surface area contributed by atoms with Crippen molar-refractivity contribution in [3.8, 4) is 45.3 Å². The lowest BCUT2D eigenvalue weighted by Gasteiger charge is -2.10. The van der Waals surface area contributed by atoms with E-state index in [1.807, 2.05) is 72.8 Å². The van der Waals surface area contributed by atoms with Crippen molar-refractivity contribution in [1.29, 1.82) is 0 Å². The zero-order valence-electron chi connectivity index (χ0n) is 24.1. The smallest absolute Gasteiger partial charge is 0.227 e. The number of benzene rings is 6. The molecule has 0 bridgehead atoms. The van der Waals surface area contributed by atoms with Gasteiger partial charge in [-0.15, -0.1) is 0 Å². The van der Waals surface area contributed by atoms with E-state index in [1.165, 1.54) is 11.1 Å². The molecule has 0 radical (unpaired) electrons. The molecule has 5 nitrogen and oxygen atoms in total. The molecule has 0 N–H and O–H groups in total. The molecular weight excluding hydrogens is 552 g/mol. The second-order valence-electron chi connectivity index (χ2n) is 11.1. The summed E-state index contributed by atoms with van der Waals surface area (Å²) in [6, 6.07) is 49.6. The van der Waals surface area contributed by atoms with Gasteiger partial charge < -0.3 is 4.42 Å². The number of furan rings is 1. The van der Waals surface area contributed by atoms with Crippen LogP contribution < -0.4 is 0 Å². The molecule has 0 saturated carbocycles. The third-order valence-electron chi connectivity index (χ3n) is 8.31. The maximum atomic E-state index is 6.26. The van der Waals surface area contributed by atoms with Gasteiger partial charge in [0.05, 0.1) is 5.52 Å². The van der Waals surface area contributed by atoms with Gasteiger partial charge in [-0.3, -0.25) is 0 Å². The molecule has 0 saturated heterocycles. The number of rotatable bonds is 4. The highest BCUT2D eigenvalue weighted by Gasteiger charge is 2.19. The quantitative estimate of drug-likeness (QED) is 0.209. The Balaban J connectivity index is 1.24. The van der Waals surface area contributed by atoms with Gasteiger partial charge in [0.1, 0.15) is 5.58 Å². The van der Waals surface area contributed by atoms with Gasteiger partial charge in [0.25, 0.3) is 0 Å². The van der Waals surface area contributed by atoms with Gasteiger partial charge in [-0.1, -0.05) is 115 Å². The topological polar surface area (TPSA) is 64.7 Å². The molecular formula is C40H24N4O. The molecule has 6 aromatic carbocycles. The van der Waals surface area contributed by atoms with Crippen molar-refractivity contribution in [2.75, 3.05) is 0 Å². The maximum Gasteiger partial charge on any atom is 0.227 e. The first-order valence-electron chi connectivity index (χ1n) is 14.9. The highest BCUT2D eigenvalue weighted by atomic mass is 16.3. The summed E-state index contributed by atoms with van der Waals surface area (Å²) < 4.78 is 6.26. The van der Waals surface area contributed by atoms with Crippen LogP contribution in [0.15, 0.2) is 150 Å². The molecule has 0 amide bonds. The van der Waals surface area contributed by atoms with Crippen LogP contribution in [0.5, 0.6) is 0 Å². The van der Waals surface area contributed by atoms with Crippen molar-refractivity contribution in [3.63, 3.8) is 0 Å². The van der Waals surface area contributed by atoms with E-state index in [0.717, 1.165) is 54.7 Å². The van der Waals surface area contributed by atoms with Crippen LogP contribution in [0.1, 0.15) is 0 Å². The van der Waals surface area contributed by atoms with Crippen molar-refractivity contribution in [2.24, 2.45) is 0 Å². The zero-order chi connectivity index (χ0) is 29.7.